The highest BCUT2D eigenvalue weighted by atomic mass is 35.5. The van der Waals surface area contributed by atoms with Crippen LogP contribution in [0.2, 0.25) is 10.0 Å². The van der Waals surface area contributed by atoms with Gasteiger partial charge in [-0.2, -0.15) is 5.10 Å². The Morgan fingerprint density at radius 2 is 1.94 bits per heavy atom. The Labute approximate surface area is 193 Å². The highest BCUT2D eigenvalue weighted by Gasteiger charge is 2.32. The highest BCUT2D eigenvalue weighted by Crippen LogP contribution is 2.30. The van der Waals surface area contributed by atoms with E-state index in [-0.39, 0.29) is 11.9 Å². The Morgan fingerprint density at radius 1 is 1.19 bits per heavy atom. The van der Waals surface area contributed by atoms with Gasteiger partial charge in [0.1, 0.15) is 4.88 Å². The van der Waals surface area contributed by atoms with Gasteiger partial charge >= 0.3 is 6.03 Å². The van der Waals surface area contributed by atoms with Crippen LogP contribution in [0.25, 0.3) is 0 Å². The number of carbonyl (C=O) groups is 2. The highest BCUT2D eigenvalue weighted by molar-refractivity contribution is 7.17. The molecule has 1 aromatic carbocycles. The van der Waals surface area contributed by atoms with E-state index < -0.39 is 0 Å². The standard InChI is InChI=1S/C20H20Cl2N6O2S/c1-12-17(18(29)23-8-14-9-24-26(2)10-14)31-19(25-12)28-4-3-27(20(28)30)11-13-5-15(21)7-16(22)6-13/h5-7,9-10H,3-4,8,11H2,1-2H3,(H,23,29). The number of nitrogens with one attached hydrogen (secondary N) is 1. The van der Waals surface area contributed by atoms with Crippen molar-refractivity contribution in [2.75, 3.05) is 18.0 Å². The van der Waals surface area contributed by atoms with Crippen molar-refractivity contribution in [3.63, 3.8) is 0 Å². The molecule has 0 spiro atoms. The summed E-state index contributed by atoms with van der Waals surface area (Å²) in [6.07, 6.45) is 3.55. The van der Waals surface area contributed by atoms with Gasteiger partial charge in [0.25, 0.3) is 5.91 Å². The number of anilines is 1. The predicted molar refractivity (Wildman–Crippen MR) is 121 cm³/mol. The van der Waals surface area contributed by atoms with Crippen molar-refractivity contribution < 1.29 is 9.59 Å². The largest absolute Gasteiger partial charge is 0.347 e. The molecular formula is C20H20Cl2N6O2S. The van der Waals surface area contributed by atoms with E-state index in [2.05, 4.69) is 15.4 Å². The summed E-state index contributed by atoms with van der Waals surface area (Å²) in [5, 5.41) is 8.54. The van der Waals surface area contributed by atoms with Crippen molar-refractivity contribution >= 4 is 51.6 Å². The van der Waals surface area contributed by atoms with Gasteiger partial charge in [-0.05, 0) is 30.7 Å². The number of rotatable bonds is 6. The summed E-state index contributed by atoms with van der Waals surface area (Å²) in [6.45, 7) is 3.59. The van der Waals surface area contributed by atoms with E-state index >= 15 is 0 Å². The van der Waals surface area contributed by atoms with Crippen LogP contribution >= 0.6 is 34.5 Å². The molecular weight excluding hydrogens is 459 g/mol. The van der Waals surface area contributed by atoms with Crippen molar-refractivity contribution in [3.05, 3.63) is 62.3 Å². The van der Waals surface area contributed by atoms with Crippen LogP contribution in [0.1, 0.15) is 26.5 Å². The number of benzene rings is 1. The summed E-state index contributed by atoms with van der Waals surface area (Å²) in [4.78, 5) is 33.8. The molecule has 0 bridgehead atoms. The van der Waals surface area contributed by atoms with Gasteiger partial charge in [0, 0.05) is 55.0 Å². The minimum Gasteiger partial charge on any atom is -0.347 e. The van der Waals surface area contributed by atoms with Crippen LogP contribution in [0, 0.1) is 6.92 Å². The normalized spacial score (nSPS) is 13.9. The first-order valence-electron chi connectivity index (χ1n) is 9.54. The molecule has 2 aromatic heterocycles. The van der Waals surface area contributed by atoms with E-state index in [0.717, 1.165) is 11.1 Å². The molecule has 11 heteroatoms. The maximum Gasteiger partial charge on any atom is 0.326 e. The summed E-state index contributed by atoms with van der Waals surface area (Å²) in [5.41, 5.74) is 2.36. The lowest BCUT2D eigenvalue weighted by Crippen LogP contribution is -2.31. The van der Waals surface area contributed by atoms with Crippen molar-refractivity contribution in [1.82, 2.24) is 25.0 Å². The summed E-state index contributed by atoms with van der Waals surface area (Å²) < 4.78 is 1.68. The third-order valence-electron chi connectivity index (χ3n) is 4.82. The molecule has 0 atom stereocenters. The van der Waals surface area contributed by atoms with Crippen molar-refractivity contribution in [2.45, 2.75) is 20.0 Å². The molecule has 1 fully saturated rings. The van der Waals surface area contributed by atoms with Crippen LogP contribution < -0.4 is 10.2 Å². The second kappa shape index (κ2) is 8.86. The second-order valence-electron chi connectivity index (χ2n) is 7.25. The molecule has 162 valence electrons. The van der Waals surface area contributed by atoms with Crippen LogP contribution in [-0.4, -0.2) is 44.7 Å². The van der Waals surface area contributed by atoms with Crippen LogP contribution in [0.3, 0.4) is 0 Å². The fourth-order valence-corrected chi connectivity index (χ4v) is 4.94. The molecule has 1 saturated heterocycles. The molecule has 1 aliphatic heterocycles. The third-order valence-corrected chi connectivity index (χ3v) is 6.44. The lowest BCUT2D eigenvalue weighted by molar-refractivity contribution is 0.0954. The minimum atomic E-state index is -0.220. The van der Waals surface area contributed by atoms with Gasteiger partial charge in [-0.1, -0.05) is 34.5 Å². The Hall–Kier alpha value is -2.62. The molecule has 0 aliphatic carbocycles. The molecule has 3 aromatic rings. The number of amides is 3. The Balaban J connectivity index is 1.43. The van der Waals surface area contributed by atoms with E-state index in [1.165, 1.54) is 11.3 Å². The zero-order valence-electron chi connectivity index (χ0n) is 16.9. The Kier molecular flexibility index (Phi) is 6.17. The number of aryl methyl sites for hydroxylation is 2. The first-order chi connectivity index (χ1) is 14.8. The van der Waals surface area contributed by atoms with Crippen molar-refractivity contribution in [2.24, 2.45) is 7.05 Å². The van der Waals surface area contributed by atoms with E-state index in [1.807, 2.05) is 13.2 Å². The topological polar surface area (TPSA) is 83.4 Å². The SMILES string of the molecule is Cc1nc(N2CCN(Cc3cc(Cl)cc(Cl)c3)C2=O)sc1C(=O)NCc1cnn(C)c1. The van der Waals surface area contributed by atoms with Crippen molar-refractivity contribution in [1.29, 1.82) is 0 Å². The Morgan fingerprint density at radius 3 is 2.61 bits per heavy atom. The van der Waals surface area contributed by atoms with Crippen LogP contribution in [0.15, 0.2) is 30.6 Å². The average Bonchev–Trinajstić information content (AvgIpc) is 3.39. The quantitative estimate of drug-likeness (QED) is 0.582. The lowest BCUT2D eigenvalue weighted by Gasteiger charge is -2.17. The van der Waals surface area contributed by atoms with Gasteiger partial charge in [0.2, 0.25) is 0 Å². The zero-order valence-corrected chi connectivity index (χ0v) is 19.3. The summed E-state index contributed by atoms with van der Waals surface area (Å²) >= 11 is 13.3. The van der Waals surface area contributed by atoms with Gasteiger partial charge in [-0.25, -0.2) is 9.78 Å². The molecule has 3 amide bonds. The van der Waals surface area contributed by atoms with E-state index in [9.17, 15) is 9.59 Å². The number of aromatic nitrogens is 3. The van der Waals surface area contributed by atoms with Gasteiger partial charge in [0.05, 0.1) is 11.9 Å². The lowest BCUT2D eigenvalue weighted by atomic mass is 10.2. The van der Waals surface area contributed by atoms with Crippen LogP contribution in [-0.2, 0) is 20.1 Å². The monoisotopic (exact) mass is 478 g/mol. The number of nitrogens with zero attached hydrogens (tertiary/aromatic N) is 5. The molecule has 31 heavy (non-hydrogen) atoms. The van der Waals surface area contributed by atoms with Gasteiger partial charge in [0.15, 0.2) is 5.13 Å². The number of hydrogen-bond donors (Lipinski definition) is 1. The van der Waals surface area contributed by atoms with E-state index in [1.54, 1.807) is 45.8 Å². The molecule has 0 saturated carbocycles. The molecule has 4 rings (SSSR count). The fraction of sp³-hybridized carbons (Fsp3) is 0.300. The number of thiazole rings is 1. The molecule has 0 unspecified atom stereocenters. The van der Waals surface area contributed by atoms with Crippen LogP contribution in [0.4, 0.5) is 9.93 Å². The number of hydrogen-bond acceptors (Lipinski definition) is 5. The second-order valence-corrected chi connectivity index (χ2v) is 9.10. The summed E-state index contributed by atoms with van der Waals surface area (Å²) in [7, 11) is 1.82. The first kappa shape index (κ1) is 21.6. The molecule has 1 aliphatic rings. The fourth-order valence-electron chi connectivity index (χ4n) is 3.36. The van der Waals surface area contributed by atoms with Crippen molar-refractivity contribution in [3.8, 4) is 0 Å². The van der Waals surface area contributed by atoms with Crippen LogP contribution in [0.5, 0.6) is 0 Å². The minimum absolute atomic E-state index is 0.160. The van der Waals surface area contributed by atoms with Gasteiger partial charge in [-0.3, -0.25) is 14.4 Å². The zero-order chi connectivity index (χ0) is 22.1. The maximum absolute atomic E-state index is 12.9. The maximum atomic E-state index is 12.9. The third kappa shape index (κ3) is 4.84. The smallest absolute Gasteiger partial charge is 0.326 e. The summed E-state index contributed by atoms with van der Waals surface area (Å²) in [5.74, 6) is -0.220. The molecule has 1 N–H and O–H groups in total. The first-order valence-corrected chi connectivity index (χ1v) is 11.1. The number of urea groups is 1. The number of halogens is 2. The van der Waals surface area contributed by atoms with E-state index in [0.29, 0.717) is 51.9 Å². The summed E-state index contributed by atoms with van der Waals surface area (Å²) in [6, 6.07) is 5.08. The number of carbonyl (C=O) groups excluding carboxylic acids is 2. The average molecular weight is 479 g/mol. The molecule has 3 heterocycles. The molecule has 0 radical (unpaired) electrons. The predicted octanol–water partition coefficient (Wildman–Crippen LogP) is 3.86. The van der Waals surface area contributed by atoms with E-state index in [4.69, 9.17) is 23.2 Å². The molecule has 8 nitrogen and oxygen atoms in total. The van der Waals surface area contributed by atoms with Gasteiger partial charge in [-0.15, -0.1) is 0 Å². The van der Waals surface area contributed by atoms with Gasteiger partial charge < -0.3 is 10.2 Å². The Bertz CT molecular complexity index is 1120.